The molecule has 0 saturated carbocycles. The van der Waals surface area contributed by atoms with Crippen molar-refractivity contribution in [3.63, 3.8) is 0 Å². The molecule has 2 N–H and O–H groups in total. The monoisotopic (exact) mass is 263 g/mol. The van der Waals surface area contributed by atoms with Crippen molar-refractivity contribution < 1.29 is 13.2 Å². The van der Waals surface area contributed by atoms with Crippen molar-refractivity contribution in [2.75, 3.05) is 18.5 Å². The van der Waals surface area contributed by atoms with E-state index in [2.05, 4.69) is 4.98 Å². The number of hydrogen-bond acceptors (Lipinski definition) is 3. The average molecular weight is 263 g/mol. The molecule has 1 aromatic rings. The normalized spacial score (nSPS) is 11.4. The summed E-state index contributed by atoms with van der Waals surface area (Å²) in [6.45, 7) is 0.625. The Labute approximate surface area is 102 Å². The van der Waals surface area contributed by atoms with Gasteiger partial charge in [-0.1, -0.05) is 12.2 Å². The number of hydrogen-bond donors (Lipinski definition) is 1. The Morgan fingerprint density at radius 3 is 2.59 bits per heavy atom. The Bertz CT molecular complexity index is 431. The molecule has 0 bridgehead atoms. The van der Waals surface area contributed by atoms with Gasteiger partial charge in [-0.3, -0.25) is 0 Å². The van der Waals surface area contributed by atoms with Gasteiger partial charge < -0.3 is 10.6 Å². The van der Waals surface area contributed by atoms with E-state index in [4.69, 9.17) is 18.0 Å². The molecule has 0 amide bonds. The van der Waals surface area contributed by atoms with Gasteiger partial charge in [-0.25, -0.2) is 4.98 Å². The second kappa shape index (κ2) is 4.87. The lowest BCUT2D eigenvalue weighted by Crippen LogP contribution is -2.33. The molecule has 3 nitrogen and oxygen atoms in total. The van der Waals surface area contributed by atoms with Crippen molar-refractivity contribution >= 4 is 23.0 Å². The summed E-state index contributed by atoms with van der Waals surface area (Å²) in [6, 6.07) is 1.65. The fourth-order valence-corrected chi connectivity index (χ4v) is 1.73. The number of alkyl halides is 3. The second-order valence-electron chi connectivity index (χ2n) is 3.66. The molecule has 0 spiro atoms. The van der Waals surface area contributed by atoms with Crippen molar-refractivity contribution in [1.82, 2.24) is 4.98 Å². The molecule has 0 aromatic carbocycles. The molecule has 1 heterocycles. The van der Waals surface area contributed by atoms with Gasteiger partial charge in [0.25, 0.3) is 0 Å². The molecule has 7 heteroatoms. The van der Waals surface area contributed by atoms with Gasteiger partial charge in [0.2, 0.25) is 0 Å². The topological polar surface area (TPSA) is 42.2 Å². The largest absolute Gasteiger partial charge is 0.405 e. The maximum atomic E-state index is 12.3. The Morgan fingerprint density at radius 1 is 1.53 bits per heavy atom. The summed E-state index contributed by atoms with van der Waals surface area (Å²) in [5.74, 6) is 0.148. The lowest BCUT2D eigenvalue weighted by atomic mass is 10.1. The van der Waals surface area contributed by atoms with Crippen LogP contribution in [0.2, 0.25) is 0 Å². The zero-order valence-electron chi connectivity index (χ0n) is 9.38. The number of nitrogens with zero attached hydrogens (tertiary/aromatic N) is 2. The highest BCUT2D eigenvalue weighted by atomic mass is 32.1. The van der Waals surface area contributed by atoms with Crippen LogP contribution in [0.4, 0.5) is 19.0 Å². The maximum Gasteiger partial charge on any atom is 0.405 e. The summed E-state index contributed by atoms with van der Waals surface area (Å²) < 4.78 is 36.9. The number of nitrogens with two attached hydrogens (primary N) is 1. The number of thiocarbonyl (C=S) groups is 1. The van der Waals surface area contributed by atoms with E-state index in [1.54, 1.807) is 13.0 Å². The highest BCUT2D eigenvalue weighted by Crippen LogP contribution is 2.23. The molecule has 1 aromatic heterocycles. The molecule has 17 heavy (non-hydrogen) atoms. The Morgan fingerprint density at radius 2 is 2.12 bits per heavy atom. The van der Waals surface area contributed by atoms with Crippen LogP contribution in [-0.2, 0) is 0 Å². The third kappa shape index (κ3) is 3.55. The van der Waals surface area contributed by atoms with Gasteiger partial charge in [0.15, 0.2) is 0 Å². The molecule has 0 aliphatic rings. The van der Waals surface area contributed by atoms with E-state index in [0.29, 0.717) is 11.1 Å². The fraction of sp³-hybridized carbons (Fsp3) is 0.400. The van der Waals surface area contributed by atoms with Crippen LogP contribution in [0.1, 0.15) is 11.1 Å². The van der Waals surface area contributed by atoms with Crippen molar-refractivity contribution in [2.24, 2.45) is 5.73 Å². The van der Waals surface area contributed by atoms with Crippen molar-refractivity contribution in [3.8, 4) is 0 Å². The van der Waals surface area contributed by atoms with Gasteiger partial charge in [-0.15, -0.1) is 0 Å². The molecule has 0 atom stereocenters. The Hall–Kier alpha value is -1.37. The second-order valence-corrected chi connectivity index (χ2v) is 4.10. The predicted molar refractivity (Wildman–Crippen MR) is 64.2 cm³/mol. The fourth-order valence-electron chi connectivity index (χ4n) is 1.48. The minimum atomic E-state index is -4.30. The minimum Gasteiger partial charge on any atom is -0.389 e. The molecule has 1 rings (SSSR count). The Kier molecular flexibility index (Phi) is 3.92. The maximum absolute atomic E-state index is 12.3. The standard InChI is InChI=1S/C10H12F3N3S/c1-6-3-4-15-9(7(6)8(14)17)16(2)5-10(11,12)13/h3-4H,5H2,1-2H3,(H2,14,17). The smallest absolute Gasteiger partial charge is 0.389 e. The average Bonchev–Trinajstić information content (AvgIpc) is 2.13. The summed E-state index contributed by atoms with van der Waals surface area (Å²) in [7, 11) is 1.30. The van der Waals surface area contributed by atoms with Gasteiger partial charge in [-0.05, 0) is 18.6 Å². The molecule has 0 fully saturated rings. The van der Waals surface area contributed by atoms with E-state index in [1.807, 2.05) is 0 Å². The van der Waals surface area contributed by atoms with E-state index in [0.717, 1.165) is 4.90 Å². The molecule has 0 radical (unpaired) electrons. The Balaban J connectivity index is 3.13. The summed E-state index contributed by atoms with van der Waals surface area (Å²) >= 11 is 4.83. The first-order chi connectivity index (χ1) is 7.72. The molecule has 0 aliphatic heterocycles. The van der Waals surface area contributed by atoms with E-state index in [9.17, 15) is 13.2 Å². The quantitative estimate of drug-likeness (QED) is 0.847. The zero-order chi connectivity index (χ0) is 13.2. The van der Waals surface area contributed by atoms with Crippen LogP contribution in [0.3, 0.4) is 0 Å². The number of aryl methyl sites for hydroxylation is 1. The summed E-state index contributed by atoms with van der Waals surface area (Å²) in [5, 5.41) is 0. The van der Waals surface area contributed by atoms with Crippen LogP contribution >= 0.6 is 12.2 Å². The van der Waals surface area contributed by atoms with Crippen molar-refractivity contribution in [1.29, 1.82) is 0 Å². The number of pyridine rings is 1. The van der Waals surface area contributed by atoms with Crippen LogP contribution in [0.15, 0.2) is 12.3 Å². The molecule has 0 aliphatic carbocycles. The van der Waals surface area contributed by atoms with E-state index >= 15 is 0 Å². The highest BCUT2D eigenvalue weighted by molar-refractivity contribution is 7.80. The van der Waals surface area contributed by atoms with Crippen LogP contribution in [0, 0.1) is 6.92 Å². The van der Waals surface area contributed by atoms with Crippen LogP contribution in [0.5, 0.6) is 0 Å². The predicted octanol–water partition coefficient (Wildman–Crippen LogP) is 2.02. The molecule has 0 saturated heterocycles. The number of rotatable bonds is 3. The molecular formula is C10H12F3N3S. The summed E-state index contributed by atoms with van der Waals surface area (Å²) in [6.07, 6.45) is -2.87. The first-order valence-electron chi connectivity index (χ1n) is 4.75. The van der Waals surface area contributed by atoms with Gasteiger partial charge in [0.1, 0.15) is 17.4 Å². The van der Waals surface area contributed by atoms with Gasteiger partial charge in [0, 0.05) is 13.2 Å². The van der Waals surface area contributed by atoms with Crippen LogP contribution in [-0.4, -0.2) is 29.7 Å². The van der Waals surface area contributed by atoms with Crippen LogP contribution in [0.25, 0.3) is 0 Å². The van der Waals surface area contributed by atoms with Gasteiger partial charge in [0.05, 0.1) is 5.56 Å². The SMILES string of the molecule is Cc1ccnc(N(C)CC(F)(F)F)c1C(N)=S. The van der Waals surface area contributed by atoms with E-state index in [-0.39, 0.29) is 10.8 Å². The third-order valence-electron chi connectivity index (χ3n) is 2.16. The first-order valence-corrected chi connectivity index (χ1v) is 5.16. The lowest BCUT2D eigenvalue weighted by Gasteiger charge is -2.22. The van der Waals surface area contributed by atoms with Gasteiger partial charge in [-0.2, -0.15) is 13.2 Å². The first kappa shape index (κ1) is 13.7. The summed E-state index contributed by atoms with van der Waals surface area (Å²) in [5.41, 5.74) is 6.59. The molecular weight excluding hydrogens is 251 g/mol. The number of anilines is 1. The number of halogens is 3. The van der Waals surface area contributed by atoms with Crippen molar-refractivity contribution in [2.45, 2.75) is 13.1 Å². The van der Waals surface area contributed by atoms with E-state index in [1.165, 1.54) is 13.2 Å². The molecule has 0 unspecified atom stereocenters. The highest BCUT2D eigenvalue weighted by Gasteiger charge is 2.30. The molecule has 94 valence electrons. The number of aromatic nitrogens is 1. The third-order valence-corrected chi connectivity index (χ3v) is 2.37. The van der Waals surface area contributed by atoms with Crippen molar-refractivity contribution in [3.05, 3.63) is 23.4 Å². The lowest BCUT2D eigenvalue weighted by molar-refractivity contribution is -0.119. The van der Waals surface area contributed by atoms with Gasteiger partial charge >= 0.3 is 6.18 Å². The zero-order valence-corrected chi connectivity index (χ0v) is 10.2. The van der Waals surface area contributed by atoms with E-state index < -0.39 is 12.7 Å². The summed E-state index contributed by atoms with van der Waals surface area (Å²) in [4.78, 5) is 4.93. The minimum absolute atomic E-state index is 0.0413. The van der Waals surface area contributed by atoms with Crippen LogP contribution < -0.4 is 10.6 Å².